The first-order chi connectivity index (χ1) is 15.0. The Balaban J connectivity index is 1.22. The van der Waals surface area contributed by atoms with E-state index >= 15 is 0 Å². The highest BCUT2D eigenvalue weighted by Gasteiger charge is 2.36. The Morgan fingerprint density at radius 2 is 1.84 bits per heavy atom. The van der Waals surface area contributed by atoms with Crippen LogP contribution in [0.4, 0.5) is 0 Å². The molecule has 0 saturated carbocycles. The number of amides is 1. The first-order valence-corrected chi connectivity index (χ1v) is 13.8. The number of likely N-dealkylation sites (tertiary alicyclic amines) is 1. The van der Waals surface area contributed by atoms with Gasteiger partial charge in [-0.15, -0.1) is 22.7 Å². The molecular weight excluding hydrogens is 450 g/mol. The molecule has 3 aromatic rings. The molecule has 2 aliphatic rings. The summed E-state index contributed by atoms with van der Waals surface area (Å²) >= 11 is 2.99. The van der Waals surface area contributed by atoms with Gasteiger partial charge in [-0.1, -0.05) is 18.2 Å². The monoisotopic (exact) mass is 475 g/mol. The van der Waals surface area contributed by atoms with Crippen LogP contribution < -0.4 is 0 Å². The van der Waals surface area contributed by atoms with Crippen molar-refractivity contribution in [2.24, 2.45) is 5.92 Å². The number of piperidine rings is 2. The van der Waals surface area contributed by atoms with Gasteiger partial charge in [0, 0.05) is 32.1 Å². The van der Waals surface area contributed by atoms with E-state index in [1.807, 2.05) is 23.1 Å². The average Bonchev–Trinajstić information content (AvgIpc) is 3.49. The van der Waals surface area contributed by atoms with E-state index in [-0.39, 0.29) is 18.4 Å². The van der Waals surface area contributed by atoms with Crippen molar-refractivity contribution in [2.75, 3.05) is 26.2 Å². The fourth-order valence-corrected chi connectivity index (χ4v) is 8.37. The van der Waals surface area contributed by atoms with Gasteiger partial charge >= 0.3 is 0 Å². The molecule has 6 nitrogen and oxygen atoms in total. The lowest BCUT2D eigenvalue weighted by molar-refractivity contribution is -0.137. The number of hydrogen-bond donors (Lipinski definition) is 0. The van der Waals surface area contributed by atoms with Gasteiger partial charge in [0.15, 0.2) is 0 Å². The number of aromatic nitrogens is 1. The van der Waals surface area contributed by atoms with Gasteiger partial charge in [0.05, 0.1) is 21.1 Å². The zero-order chi connectivity index (χ0) is 21.4. The first kappa shape index (κ1) is 21.1. The number of nitrogens with zero attached hydrogens (tertiary/aromatic N) is 3. The number of rotatable bonds is 4. The Labute approximate surface area is 190 Å². The molecule has 4 heterocycles. The minimum Gasteiger partial charge on any atom is -0.342 e. The molecule has 0 bridgehead atoms. The highest BCUT2D eigenvalue weighted by molar-refractivity contribution is 7.91. The Hall–Kier alpha value is -1.81. The molecule has 0 N–H and O–H groups in total. The van der Waals surface area contributed by atoms with Crippen LogP contribution in [0.15, 0.2) is 46.0 Å². The van der Waals surface area contributed by atoms with E-state index in [1.54, 1.807) is 28.8 Å². The first-order valence-electron chi connectivity index (χ1n) is 10.7. The number of hydrogen-bond acceptors (Lipinski definition) is 6. The van der Waals surface area contributed by atoms with E-state index in [1.165, 1.54) is 25.3 Å². The van der Waals surface area contributed by atoms with Gasteiger partial charge in [-0.05, 0) is 49.3 Å². The second-order valence-electron chi connectivity index (χ2n) is 8.25. The number of thiazole rings is 1. The maximum absolute atomic E-state index is 13.2. The van der Waals surface area contributed by atoms with Gasteiger partial charge in [0.2, 0.25) is 5.91 Å². The Morgan fingerprint density at radius 3 is 2.58 bits per heavy atom. The standard InChI is InChI=1S/C22H25N3O3S3/c26-22(17-5-3-11-25(15-17)31(27,28)20-8-4-14-29-20)24-12-9-16(10-13-24)21-23-18-6-1-2-7-19(18)30-21/h1-2,4,6-8,14,16-17H,3,5,9-13,15H2. The van der Waals surface area contributed by atoms with Gasteiger partial charge in [-0.3, -0.25) is 4.79 Å². The number of thiophene rings is 1. The van der Waals surface area contributed by atoms with Gasteiger partial charge in [0.25, 0.3) is 10.0 Å². The van der Waals surface area contributed by atoms with Gasteiger partial charge in [-0.25, -0.2) is 13.4 Å². The minimum atomic E-state index is -3.50. The summed E-state index contributed by atoms with van der Waals surface area (Å²) in [7, 11) is -3.50. The van der Waals surface area contributed by atoms with Crippen LogP contribution in [0.2, 0.25) is 0 Å². The normalized spacial score (nSPS) is 21.5. The smallest absolute Gasteiger partial charge is 0.252 e. The van der Waals surface area contributed by atoms with E-state index in [0.29, 0.717) is 29.8 Å². The predicted molar refractivity (Wildman–Crippen MR) is 124 cm³/mol. The topological polar surface area (TPSA) is 70.6 Å². The second kappa shape index (κ2) is 8.61. The van der Waals surface area contributed by atoms with Crippen LogP contribution in [0.5, 0.6) is 0 Å². The molecule has 9 heteroatoms. The van der Waals surface area contributed by atoms with Gasteiger partial charge in [0.1, 0.15) is 4.21 Å². The summed E-state index contributed by atoms with van der Waals surface area (Å²) in [5.74, 6) is 0.250. The van der Waals surface area contributed by atoms with Crippen molar-refractivity contribution in [3.8, 4) is 0 Å². The lowest BCUT2D eigenvalue weighted by atomic mass is 9.93. The summed E-state index contributed by atoms with van der Waals surface area (Å²) in [5, 5.41) is 2.94. The third-order valence-corrected chi connectivity index (χ3v) is 10.7. The van der Waals surface area contributed by atoms with Crippen molar-refractivity contribution in [1.82, 2.24) is 14.2 Å². The maximum Gasteiger partial charge on any atom is 0.252 e. The van der Waals surface area contributed by atoms with Crippen LogP contribution in [0, 0.1) is 5.92 Å². The van der Waals surface area contributed by atoms with Gasteiger partial charge in [-0.2, -0.15) is 4.31 Å². The van der Waals surface area contributed by atoms with Crippen LogP contribution in [0.3, 0.4) is 0 Å². The third-order valence-electron chi connectivity index (χ3n) is 6.29. The fourth-order valence-electron chi connectivity index (χ4n) is 4.57. The Bertz CT molecular complexity index is 1130. The quantitative estimate of drug-likeness (QED) is 0.568. The molecule has 1 amide bonds. The molecule has 2 aromatic heterocycles. The SMILES string of the molecule is O=C(C1CCCN(S(=O)(=O)c2cccs2)C1)N1CCC(c2nc3ccccc3s2)CC1. The van der Waals surface area contributed by atoms with E-state index in [9.17, 15) is 13.2 Å². The van der Waals surface area contributed by atoms with Crippen LogP contribution in [-0.4, -0.2) is 54.7 Å². The van der Waals surface area contributed by atoms with Crippen molar-refractivity contribution in [1.29, 1.82) is 0 Å². The summed E-state index contributed by atoms with van der Waals surface area (Å²) in [6, 6.07) is 11.6. The van der Waals surface area contributed by atoms with Crippen molar-refractivity contribution in [3.63, 3.8) is 0 Å². The molecule has 164 valence electrons. The Kier molecular flexibility index (Phi) is 5.85. The van der Waals surface area contributed by atoms with E-state index in [0.717, 1.165) is 31.2 Å². The van der Waals surface area contributed by atoms with Crippen LogP contribution in [-0.2, 0) is 14.8 Å². The van der Waals surface area contributed by atoms with Crippen molar-refractivity contribution < 1.29 is 13.2 Å². The molecule has 0 radical (unpaired) electrons. The lowest BCUT2D eigenvalue weighted by Gasteiger charge is -2.37. The fraction of sp³-hybridized carbons (Fsp3) is 0.455. The summed E-state index contributed by atoms with van der Waals surface area (Å²) < 4.78 is 28.8. The second-order valence-corrected chi connectivity index (χ2v) is 12.4. The predicted octanol–water partition coefficient (Wildman–Crippen LogP) is 4.16. The molecule has 2 aliphatic heterocycles. The van der Waals surface area contributed by atoms with Crippen LogP contribution in [0.25, 0.3) is 10.2 Å². The van der Waals surface area contributed by atoms with Crippen LogP contribution in [0.1, 0.15) is 36.6 Å². The number of fused-ring (bicyclic) bond motifs is 1. The molecule has 5 rings (SSSR count). The minimum absolute atomic E-state index is 0.105. The summed E-state index contributed by atoms with van der Waals surface area (Å²) in [6.07, 6.45) is 3.31. The number of benzene rings is 1. The number of carbonyl (C=O) groups excluding carboxylic acids is 1. The molecular formula is C22H25N3O3S3. The molecule has 1 aromatic carbocycles. The summed E-state index contributed by atoms with van der Waals surface area (Å²) in [5.41, 5.74) is 1.05. The largest absolute Gasteiger partial charge is 0.342 e. The molecule has 1 unspecified atom stereocenters. The number of carbonyl (C=O) groups is 1. The third kappa shape index (κ3) is 4.16. The van der Waals surface area contributed by atoms with E-state index < -0.39 is 10.0 Å². The maximum atomic E-state index is 13.2. The van der Waals surface area contributed by atoms with Crippen molar-refractivity contribution in [2.45, 2.75) is 35.8 Å². The summed E-state index contributed by atoms with van der Waals surface area (Å²) in [4.78, 5) is 19.9. The molecule has 2 saturated heterocycles. The number of sulfonamides is 1. The molecule has 1 atom stereocenters. The highest BCUT2D eigenvalue weighted by Crippen LogP contribution is 2.35. The van der Waals surface area contributed by atoms with Crippen molar-refractivity contribution >= 4 is 48.8 Å². The Morgan fingerprint density at radius 1 is 1.03 bits per heavy atom. The highest BCUT2D eigenvalue weighted by atomic mass is 32.2. The van der Waals surface area contributed by atoms with Crippen molar-refractivity contribution in [3.05, 3.63) is 46.8 Å². The molecule has 0 spiro atoms. The van der Waals surface area contributed by atoms with Crippen LogP contribution >= 0.6 is 22.7 Å². The molecule has 2 fully saturated rings. The molecule has 31 heavy (non-hydrogen) atoms. The zero-order valence-electron chi connectivity index (χ0n) is 17.1. The summed E-state index contributed by atoms with van der Waals surface area (Å²) in [6.45, 7) is 2.21. The van der Waals surface area contributed by atoms with E-state index in [2.05, 4.69) is 6.07 Å². The average molecular weight is 476 g/mol. The number of para-hydroxylation sites is 1. The lowest BCUT2D eigenvalue weighted by Crippen LogP contribution is -2.48. The molecule has 0 aliphatic carbocycles. The zero-order valence-corrected chi connectivity index (χ0v) is 19.6. The van der Waals surface area contributed by atoms with E-state index in [4.69, 9.17) is 4.98 Å². The van der Waals surface area contributed by atoms with Gasteiger partial charge < -0.3 is 4.90 Å².